The molecule has 1 heterocycles. The molecule has 25 heavy (non-hydrogen) atoms. The van der Waals surface area contributed by atoms with E-state index in [-0.39, 0.29) is 12.3 Å². The first-order chi connectivity index (χ1) is 12.2. The molecule has 0 bridgehead atoms. The first-order valence-electron chi connectivity index (χ1n) is 7.79. The predicted molar refractivity (Wildman–Crippen MR) is 92.2 cm³/mol. The quantitative estimate of drug-likeness (QED) is 0.722. The van der Waals surface area contributed by atoms with Gasteiger partial charge in [-0.3, -0.25) is 4.79 Å². The van der Waals surface area contributed by atoms with Crippen molar-refractivity contribution in [1.82, 2.24) is 10.5 Å². The van der Waals surface area contributed by atoms with Crippen LogP contribution >= 0.6 is 0 Å². The van der Waals surface area contributed by atoms with Crippen molar-refractivity contribution in [1.29, 1.82) is 0 Å². The van der Waals surface area contributed by atoms with Crippen LogP contribution in [0.4, 0.5) is 0 Å². The lowest BCUT2D eigenvalue weighted by Gasteiger charge is -2.12. The van der Waals surface area contributed by atoms with Crippen LogP contribution in [0.5, 0.6) is 5.75 Å². The molecule has 0 radical (unpaired) electrons. The number of ether oxygens (including phenoxy) is 1. The van der Waals surface area contributed by atoms with Crippen LogP contribution in [-0.4, -0.2) is 29.8 Å². The summed E-state index contributed by atoms with van der Waals surface area (Å²) in [6.07, 6.45) is -0.851. The highest BCUT2D eigenvalue weighted by atomic mass is 16.5. The van der Waals surface area contributed by atoms with Crippen molar-refractivity contribution < 1.29 is 19.2 Å². The number of aliphatic hydroxyl groups is 1. The number of hydrogen-bond acceptors (Lipinski definition) is 5. The van der Waals surface area contributed by atoms with Crippen LogP contribution in [0.3, 0.4) is 0 Å². The lowest BCUT2D eigenvalue weighted by molar-refractivity contribution is 0.0880. The number of carbonyl (C=O) groups excluding carboxylic acids is 1. The normalized spacial score (nSPS) is 11.8. The summed E-state index contributed by atoms with van der Waals surface area (Å²) >= 11 is 0. The number of aromatic nitrogens is 1. The Labute approximate surface area is 145 Å². The van der Waals surface area contributed by atoms with Crippen molar-refractivity contribution in [3.05, 3.63) is 72.0 Å². The SMILES string of the molecule is COc1cccc(C(O)CNC(=O)c2cc(-c3ccccc3)no2)c1. The van der Waals surface area contributed by atoms with E-state index in [9.17, 15) is 9.90 Å². The van der Waals surface area contributed by atoms with E-state index < -0.39 is 12.0 Å². The molecule has 0 saturated heterocycles. The summed E-state index contributed by atoms with van der Waals surface area (Å²) in [6, 6.07) is 18.1. The fourth-order valence-corrected chi connectivity index (χ4v) is 2.37. The third-order valence-electron chi connectivity index (χ3n) is 3.74. The average molecular weight is 338 g/mol. The zero-order valence-corrected chi connectivity index (χ0v) is 13.7. The molecule has 0 aliphatic rings. The average Bonchev–Trinajstić information content (AvgIpc) is 3.17. The third-order valence-corrected chi connectivity index (χ3v) is 3.74. The van der Waals surface area contributed by atoms with Gasteiger partial charge in [-0.15, -0.1) is 0 Å². The summed E-state index contributed by atoms with van der Waals surface area (Å²) in [5.41, 5.74) is 2.10. The van der Waals surface area contributed by atoms with Crippen LogP contribution in [0.15, 0.2) is 65.2 Å². The van der Waals surface area contributed by atoms with Gasteiger partial charge >= 0.3 is 0 Å². The zero-order valence-electron chi connectivity index (χ0n) is 13.7. The molecule has 1 unspecified atom stereocenters. The van der Waals surface area contributed by atoms with E-state index in [0.717, 1.165) is 5.56 Å². The summed E-state index contributed by atoms with van der Waals surface area (Å²) in [7, 11) is 1.56. The Hall–Kier alpha value is -3.12. The van der Waals surface area contributed by atoms with Gasteiger partial charge in [0.1, 0.15) is 11.4 Å². The van der Waals surface area contributed by atoms with Crippen molar-refractivity contribution in [3.8, 4) is 17.0 Å². The Morgan fingerprint density at radius 1 is 1.20 bits per heavy atom. The van der Waals surface area contributed by atoms with Gasteiger partial charge in [0.15, 0.2) is 0 Å². The number of aliphatic hydroxyl groups excluding tert-OH is 1. The van der Waals surface area contributed by atoms with E-state index in [1.165, 1.54) is 0 Å². The Morgan fingerprint density at radius 2 is 2.00 bits per heavy atom. The molecule has 1 aromatic heterocycles. The molecule has 3 aromatic rings. The van der Waals surface area contributed by atoms with Crippen molar-refractivity contribution >= 4 is 5.91 Å². The van der Waals surface area contributed by atoms with E-state index in [0.29, 0.717) is 17.0 Å². The van der Waals surface area contributed by atoms with Gasteiger partial charge in [-0.2, -0.15) is 0 Å². The van der Waals surface area contributed by atoms with Gasteiger partial charge in [0.2, 0.25) is 5.76 Å². The van der Waals surface area contributed by atoms with E-state index in [1.807, 2.05) is 30.3 Å². The van der Waals surface area contributed by atoms with Gasteiger partial charge in [-0.05, 0) is 17.7 Å². The first-order valence-corrected chi connectivity index (χ1v) is 7.79. The van der Waals surface area contributed by atoms with Crippen molar-refractivity contribution in [2.75, 3.05) is 13.7 Å². The first kappa shape index (κ1) is 16.7. The summed E-state index contributed by atoms with van der Waals surface area (Å²) in [6.45, 7) is 0.0490. The third kappa shape index (κ3) is 4.05. The molecule has 2 N–H and O–H groups in total. The van der Waals surface area contributed by atoms with Gasteiger partial charge < -0.3 is 19.7 Å². The van der Waals surface area contributed by atoms with E-state index in [2.05, 4.69) is 10.5 Å². The molecule has 1 amide bonds. The second kappa shape index (κ2) is 7.63. The zero-order chi connectivity index (χ0) is 17.6. The van der Waals surface area contributed by atoms with Crippen LogP contribution in [-0.2, 0) is 0 Å². The fraction of sp³-hybridized carbons (Fsp3) is 0.158. The largest absolute Gasteiger partial charge is 0.497 e. The number of nitrogens with zero attached hydrogens (tertiary/aromatic N) is 1. The summed E-state index contributed by atoms with van der Waals surface area (Å²) in [5.74, 6) is 0.305. The minimum absolute atomic E-state index is 0.0490. The number of rotatable bonds is 6. The van der Waals surface area contributed by atoms with Crippen LogP contribution < -0.4 is 10.1 Å². The van der Waals surface area contributed by atoms with Crippen LogP contribution in [0.25, 0.3) is 11.3 Å². The molecule has 3 rings (SSSR count). The number of amides is 1. The van der Waals surface area contributed by atoms with Crippen LogP contribution in [0.2, 0.25) is 0 Å². The van der Waals surface area contributed by atoms with Crippen LogP contribution in [0, 0.1) is 0 Å². The van der Waals surface area contributed by atoms with E-state index in [4.69, 9.17) is 9.26 Å². The molecule has 6 heteroatoms. The standard InChI is InChI=1S/C19H18N2O4/c1-24-15-9-5-8-14(10-15)17(22)12-20-19(23)18-11-16(21-25-18)13-6-3-2-4-7-13/h2-11,17,22H,12H2,1H3,(H,20,23). The molecule has 0 aliphatic carbocycles. The Kier molecular flexibility index (Phi) is 5.11. The second-order valence-electron chi connectivity index (χ2n) is 5.44. The summed E-state index contributed by atoms with van der Waals surface area (Å²) < 4.78 is 10.2. The van der Waals surface area contributed by atoms with Gasteiger partial charge in [0.05, 0.1) is 13.2 Å². The van der Waals surface area contributed by atoms with Crippen molar-refractivity contribution in [2.45, 2.75) is 6.10 Å². The Bertz CT molecular complexity index is 845. The topological polar surface area (TPSA) is 84.6 Å². The van der Waals surface area contributed by atoms with E-state index in [1.54, 1.807) is 37.4 Å². The highest BCUT2D eigenvalue weighted by Crippen LogP contribution is 2.20. The molecular formula is C19H18N2O4. The van der Waals surface area contributed by atoms with Gasteiger partial charge in [-0.25, -0.2) is 0 Å². The van der Waals surface area contributed by atoms with Crippen LogP contribution in [0.1, 0.15) is 22.2 Å². The monoisotopic (exact) mass is 338 g/mol. The molecule has 6 nitrogen and oxygen atoms in total. The minimum atomic E-state index is -0.851. The molecule has 1 atom stereocenters. The molecule has 0 saturated carbocycles. The van der Waals surface area contributed by atoms with Gasteiger partial charge in [-0.1, -0.05) is 47.6 Å². The molecule has 0 spiro atoms. The highest BCUT2D eigenvalue weighted by Gasteiger charge is 2.16. The number of nitrogens with one attached hydrogen (secondary N) is 1. The highest BCUT2D eigenvalue weighted by molar-refractivity contribution is 5.92. The maximum atomic E-state index is 12.2. The smallest absolute Gasteiger partial charge is 0.290 e. The molecule has 128 valence electrons. The summed E-state index contributed by atoms with van der Waals surface area (Å²) in [4.78, 5) is 12.2. The lowest BCUT2D eigenvalue weighted by Crippen LogP contribution is -2.28. The minimum Gasteiger partial charge on any atom is -0.497 e. The van der Waals surface area contributed by atoms with Gasteiger partial charge in [0.25, 0.3) is 5.91 Å². The summed E-state index contributed by atoms with van der Waals surface area (Å²) in [5, 5.41) is 16.7. The number of carbonyl (C=O) groups is 1. The maximum Gasteiger partial charge on any atom is 0.290 e. The maximum absolute atomic E-state index is 12.2. The lowest BCUT2D eigenvalue weighted by atomic mass is 10.1. The molecule has 0 aliphatic heterocycles. The molecular weight excluding hydrogens is 320 g/mol. The molecule has 0 fully saturated rings. The predicted octanol–water partition coefficient (Wildman–Crippen LogP) is 2.81. The Morgan fingerprint density at radius 3 is 2.76 bits per heavy atom. The number of benzene rings is 2. The second-order valence-corrected chi connectivity index (χ2v) is 5.44. The van der Waals surface area contributed by atoms with E-state index >= 15 is 0 Å². The van der Waals surface area contributed by atoms with Crippen molar-refractivity contribution in [3.63, 3.8) is 0 Å². The Balaban J connectivity index is 1.62. The number of hydrogen-bond donors (Lipinski definition) is 2. The van der Waals surface area contributed by atoms with Gasteiger partial charge in [0, 0.05) is 18.2 Å². The fourth-order valence-electron chi connectivity index (χ4n) is 2.37. The van der Waals surface area contributed by atoms with Crippen molar-refractivity contribution in [2.24, 2.45) is 0 Å². The number of methoxy groups -OCH3 is 1. The molecule has 2 aromatic carbocycles.